The van der Waals surface area contributed by atoms with Crippen LogP contribution in [0.3, 0.4) is 0 Å². The van der Waals surface area contributed by atoms with Gasteiger partial charge in [-0.1, -0.05) is 30.3 Å². The highest BCUT2D eigenvalue weighted by Crippen LogP contribution is 2.23. The second-order valence-corrected chi connectivity index (χ2v) is 7.12. The summed E-state index contributed by atoms with van der Waals surface area (Å²) >= 11 is 1.70. The van der Waals surface area contributed by atoms with Crippen molar-refractivity contribution in [1.29, 1.82) is 0 Å². The van der Waals surface area contributed by atoms with Crippen LogP contribution >= 0.6 is 11.3 Å². The fraction of sp³-hybridized carbons (Fsp3) is 0.421. The van der Waals surface area contributed by atoms with Crippen molar-refractivity contribution in [1.82, 2.24) is 9.80 Å². The van der Waals surface area contributed by atoms with Crippen LogP contribution < -0.4 is 0 Å². The number of hydrogen-bond acceptors (Lipinski definition) is 4. The zero-order chi connectivity index (χ0) is 17.5. The highest BCUT2D eigenvalue weighted by Gasteiger charge is 2.26. The number of rotatable bonds is 8. The average Bonchev–Trinajstić information content (AvgIpc) is 2.97. The molecule has 1 atom stereocenters. The van der Waals surface area contributed by atoms with Gasteiger partial charge >= 0.3 is 0 Å². The number of likely N-dealkylation sites (N-methyl/N-ethyl adjacent to an activating group) is 1. The Bertz CT molecular complexity index is 640. The van der Waals surface area contributed by atoms with E-state index in [0.29, 0.717) is 13.1 Å². The maximum Gasteiger partial charge on any atom is 0.256 e. The van der Waals surface area contributed by atoms with E-state index < -0.39 is 6.10 Å². The molecular formula is C19H26N2O2S. The van der Waals surface area contributed by atoms with Crippen LogP contribution in [0.4, 0.5) is 0 Å². The summed E-state index contributed by atoms with van der Waals surface area (Å²) in [6.07, 6.45) is -0.561. The number of thiophene rings is 1. The maximum absolute atomic E-state index is 13.1. The third kappa shape index (κ3) is 4.90. The van der Waals surface area contributed by atoms with Crippen LogP contribution in [0.5, 0.6) is 0 Å². The largest absolute Gasteiger partial charge is 0.367 e. The number of nitrogens with zero attached hydrogens (tertiary/aromatic N) is 2. The molecule has 0 N–H and O–H groups in total. The Kier molecular flexibility index (Phi) is 6.97. The molecule has 0 saturated carbocycles. The fourth-order valence-corrected chi connectivity index (χ4v) is 3.42. The number of carbonyl (C=O) groups excluding carboxylic acids is 1. The van der Waals surface area contributed by atoms with E-state index in [0.717, 1.165) is 12.1 Å². The normalized spacial score (nSPS) is 12.4. The Hall–Kier alpha value is -1.69. The van der Waals surface area contributed by atoms with Gasteiger partial charge in [-0.05, 0) is 43.6 Å². The summed E-state index contributed by atoms with van der Waals surface area (Å²) in [5, 5.41) is 2.07. The first-order valence-electron chi connectivity index (χ1n) is 8.07. The molecule has 0 aliphatic heterocycles. The molecule has 0 aliphatic rings. The Morgan fingerprint density at radius 3 is 2.42 bits per heavy atom. The third-order valence-electron chi connectivity index (χ3n) is 3.99. The van der Waals surface area contributed by atoms with Crippen molar-refractivity contribution in [2.75, 3.05) is 34.3 Å². The first-order chi connectivity index (χ1) is 11.5. The van der Waals surface area contributed by atoms with Crippen molar-refractivity contribution >= 4 is 17.2 Å². The molecule has 0 spiro atoms. The lowest BCUT2D eigenvalue weighted by Gasteiger charge is -2.28. The molecular weight excluding hydrogens is 320 g/mol. The van der Waals surface area contributed by atoms with E-state index in [1.54, 1.807) is 18.4 Å². The second kappa shape index (κ2) is 8.97. The van der Waals surface area contributed by atoms with Crippen LogP contribution in [0, 0.1) is 6.92 Å². The fourth-order valence-electron chi connectivity index (χ4n) is 2.50. The van der Waals surface area contributed by atoms with Crippen molar-refractivity contribution in [2.24, 2.45) is 0 Å². The Morgan fingerprint density at radius 2 is 1.88 bits per heavy atom. The molecule has 5 heteroatoms. The molecule has 0 bridgehead atoms. The van der Waals surface area contributed by atoms with E-state index in [1.165, 1.54) is 10.4 Å². The van der Waals surface area contributed by atoms with Crippen LogP contribution in [0.2, 0.25) is 0 Å². The van der Waals surface area contributed by atoms with Crippen LogP contribution in [0.15, 0.2) is 41.8 Å². The minimum Gasteiger partial charge on any atom is -0.367 e. The number of methoxy groups -OCH3 is 1. The van der Waals surface area contributed by atoms with Crippen molar-refractivity contribution in [3.63, 3.8) is 0 Å². The molecule has 0 saturated heterocycles. The summed E-state index contributed by atoms with van der Waals surface area (Å²) in [6, 6.07) is 11.8. The van der Waals surface area contributed by atoms with Crippen LogP contribution in [0.25, 0.3) is 0 Å². The lowest BCUT2D eigenvalue weighted by Crippen LogP contribution is -2.39. The number of amides is 1. The van der Waals surface area contributed by atoms with Crippen LogP contribution in [-0.4, -0.2) is 50.0 Å². The molecule has 1 heterocycles. The van der Waals surface area contributed by atoms with Gasteiger partial charge in [0.25, 0.3) is 5.91 Å². The summed E-state index contributed by atoms with van der Waals surface area (Å²) in [4.78, 5) is 18.3. The van der Waals surface area contributed by atoms with Gasteiger partial charge in [0.15, 0.2) is 6.10 Å². The van der Waals surface area contributed by atoms with Gasteiger partial charge in [-0.3, -0.25) is 4.79 Å². The molecule has 1 aromatic carbocycles. The summed E-state index contributed by atoms with van der Waals surface area (Å²) in [5.41, 5.74) is 2.12. The zero-order valence-corrected chi connectivity index (χ0v) is 15.7. The number of benzene rings is 1. The Balaban J connectivity index is 2.20. The quantitative estimate of drug-likeness (QED) is 0.735. The Morgan fingerprint density at radius 1 is 1.17 bits per heavy atom. The summed E-state index contributed by atoms with van der Waals surface area (Å²) in [7, 11) is 5.63. The third-order valence-corrected chi connectivity index (χ3v) is 5.00. The average molecular weight is 346 g/mol. The molecule has 0 fully saturated rings. The van der Waals surface area contributed by atoms with Gasteiger partial charge in [0, 0.05) is 25.1 Å². The van der Waals surface area contributed by atoms with E-state index in [2.05, 4.69) is 23.3 Å². The first kappa shape index (κ1) is 18.6. The molecule has 0 unspecified atom stereocenters. The van der Waals surface area contributed by atoms with Crippen molar-refractivity contribution in [3.8, 4) is 0 Å². The van der Waals surface area contributed by atoms with E-state index in [-0.39, 0.29) is 5.91 Å². The van der Waals surface area contributed by atoms with E-state index in [1.807, 2.05) is 49.3 Å². The highest BCUT2D eigenvalue weighted by atomic mass is 32.1. The highest BCUT2D eigenvalue weighted by molar-refractivity contribution is 7.10. The molecule has 24 heavy (non-hydrogen) atoms. The SMILES string of the molecule is CO[C@@H](C(=O)N(CCN(C)C)Cc1sccc1C)c1ccccc1. The molecule has 4 nitrogen and oxygen atoms in total. The maximum atomic E-state index is 13.1. The standard InChI is InChI=1S/C19H26N2O2S/c1-15-10-13-24-17(15)14-21(12-11-20(2)3)19(22)18(23-4)16-8-6-5-7-9-16/h5-10,13,18H,11-12,14H2,1-4H3/t18-/m1/s1. The van der Waals surface area contributed by atoms with Gasteiger partial charge in [-0.2, -0.15) is 0 Å². The second-order valence-electron chi connectivity index (χ2n) is 6.12. The molecule has 0 aliphatic carbocycles. The van der Waals surface area contributed by atoms with Crippen molar-refractivity contribution in [3.05, 3.63) is 57.8 Å². The molecule has 1 aromatic heterocycles. The smallest absolute Gasteiger partial charge is 0.256 e. The minimum absolute atomic E-state index is 0.0124. The summed E-state index contributed by atoms with van der Waals surface area (Å²) in [5.74, 6) is 0.0124. The monoisotopic (exact) mass is 346 g/mol. The number of hydrogen-bond donors (Lipinski definition) is 0. The number of ether oxygens (including phenoxy) is 1. The molecule has 2 aromatic rings. The molecule has 130 valence electrons. The molecule has 2 rings (SSSR count). The van der Waals surface area contributed by atoms with Gasteiger partial charge in [0.2, 0.25) is 0 Å². The molecule has 0 radical (unpaired) electrons. The first-order valence-corrected chi connectivity index (χ1v) is 8.95. The number of aryl methyl sites for hydroxylation is 1. The summed E-state index contributed by atoms with van der Waals surface area (Å²) < 4.78 is 5.53. The predicted octanol–water partition coefficient (Wildman–Crippen LogP) is 3.33. The minimum atomic E-state index is -0.561. The van der Waals surface area contributed by atoms with Gasteiger partial charge in [-0.15, -0.1) is 11.3 Å². The van der Waals surface area contributed by atoms with Crippen LogP contribution in [0.1, 0.15) is 22.1 Å². The van der Waals surface area contributed by atoms with Crippen LogP contribution in [-0.2, 0) is 16.1 Å². The number of carbonyl (C=O) groups is 1. The van der Waals surface area contributed by atoms with Crippen molar-refractivity contribution < 1.29 is 9.53 Å². The van der Waals surface area contributed by atoms with Gasteiger partial charge in [-0.25, -0.2) is 0 Å². The molecule has 1 amide bonds. The van der Waals surface area contributed by atoms with E-state index >= 15 is 0 Å². The van der Waals surface area contributed by atoms with Gasteiger partial charge in [0.05, 0.1) is 6.54 Å². The van der Waals surface area contributed by atoms with E-state index in [4.69, 9.17) is 4.74 Å². The summed E-state index contributed by atoms with van der Waals surface area (Å²) in [6.45, 7) is 4.21. The Labute approximate surface area is 148 Å². The predicted molar refractivity (Wildman–Crippen MR) is 99.2 cm³/mol. The topological polar surface area (TPSA) is 32.8 Å². The van der Waals surface area contributed by atoms with Gasteiger partial charge in [0.1, 0.15) is 0 Å². The lowest BCUT2D eigenvalue weighted by molar-refractivity contribution is -0.143. The zero-order valence-electron chi connectivity index (χ0n) is 14.9. The lowest BCUT2D eigenvalue weighted by atomic mass is 10.1. The van der Waals surface area contributed by atoms with E-state index in [9.17, 15) is 4.79 Å². The van der Waals surface area contributed by atoms with Gasteiger partial charge < -0.3 is 14.5 Å². The van der Waals surface area contributed by atoms with Crippen molar-refractivity contribution in [2.45, 2.75) is 19.6 Å².